The molecule has 0 N–H and O–H groups in total. The van der Waals surface area contributed by atoms with E-state index in [4.69, 9.17) is 4.74 Å². The molecule has 0 spiro atoms. The third-order valence-corrected chi connectivity index (χ3v) is 1.83. The standard InChI is InChI=1S/C10H9FO/c1-7-4-8-5-9(11)2-3-10(8)12-6-7/h2-5H,6H2,1H3. The number of benzene rings is 1. The first-order valence-electron chi connectivity index (χ1n) is 3.85. The van der Waals surface area contributed by atoms with Gasteiger partial charge in [0.25, 0.3) is 0 Å². The van der Waals surface area contributed by atoms with E-state index in [1.807, 2.05) is 13.0 Å². The first-order valence-corrected chi connectivity index (χ1v) is 3.85. The van der Waals surface area contributed by atoms with Crippen molar-refractivity contribution in [3.05, 3.63) is 35.2 Å². The molecular weight excluding hydrogens is 155 g/mol. The number of hydrogen-bond donors (Lipinski definition) is 0. The van der Waals surface area contributed by atoms with Crippen LogP contribution in [-0.2, 0) is 0 Å². The summed E-state index contributed by atoms with van der Waals surface area (Å²) in [6.07, 6.45) is 1.95. The van der Waals surface area contributed by atoms with Gasteiger partial charge in [0.05, 0.1) is 0 Å². The summed E-state index contributed by atoms with van der Waals surface area (Å²) in [5, 5.41) is 0. The van der Waals surface area contributed by atoms with Crippen molar-refractivity contribution in [2.45, 2.75) is 6.92 Å². The molecule has 1 nitrogen and oxygen atoms in total. The molecule has 0 fully saturated rings. The fraction of sp³-hybridized carbons (Fsp3) is 0.200. The van der Waals surface area contributed by atoms with Crippen molar-refractivity contribution in [2.24, 2.45) is 0 Å². The van der Waals surface area contributed by atoms with Crippen molar-refractivity contribution in [3.63, 3.8) is 0 Å². The lowest BCUT2D eigenvalue weighted by atomic mass is 10.1. The Morgan fingerprint density at radius 2 is 2.25 bits per heavy atom. The van der Waals surface area contributed by atoms with E-state index < -0.39 is 0 Å². The van der Waals surface area contributed by atoms with Crippen molar-refractivity contribution >= 4 is 6.08 Å². The van der Waals surface area contributed by atoms with E-state index in [0.29, 0.717) is 6.61 Å². The lowest BCUT2D eigenvalue weighted by Crippen LogP contribution is -2.04. The molecule has 0 saturated carbocycles. The Hall–Kier alpha value is -1.31. The Balaban J connectivity index is 2.53. The molecule has 1 heterocycles. The molecule has 2 rings (SSSR count). The van der Waals surface area contributed by atoms with Crippen LogP contribution in [0.1, 0.15) is 12.5 Å². The predicted molar refractivity (Wildman–Crippen MR) is 45.5 cm³/mol. The van der Waals surface area contributed by atoms with Crippen LogP contribution in [0.4, 0.5) is 4.39 Å². The summed E-state index contributed by atoms with van der Waals surface area (Å²) in [4.78, 5) is 0. The molecular formula is C10H9FO. The zero-order chi connectivity index (χ0) is 8.55. The highest BCUT2D eigenvalue weighted by atomic mass is 19.1. The summed E-state index contributed by atoms with van der Waals surface area (Å²) in [6, 6.07) is 4.55. The molecule has 2 heteroatoms. The van der Waals surface area contributed by atoms with E-state index in [1.165, 1.54) is 12.1 Å². The van der Waals surface area contributed by atoms with E-state index in [9.17, 15) is 4.39 Å². The summed E-state index contributed by atoms with van der Waals surface area (Å²) in [5.74, 6) is 0.547. The molecule has 0 aromatic heterocycles. The topological polar surface area (TPSA) is 9.23 Å². The van der Waals surface area contributed by atoms with Crippen LogP contribution in [0.2, 0.25) is 0 Å². The van der Waals surface area contributed by atoms with Gasteiger partial charge >= 0.3 is 0 Å². The average molecular weight is 164 g/mol. The maximum absolute atomic E-state index is 12.7. The second-order valence-corrected chi connectivity index (χ2v) is 2.96. The minimum atomic E-state index is -0.219. The summed E-state index contributed by atoms with van der Waals surface area (Å²) in [6.45, 7) is 2.58. The van der Waals surface area contributed by atoms with E-state index in [0.717, 1.165) is 16.9 Å². The smallest absolute Gasteiger partial charge is 0.127 e. The molecule has 1 aliphatic rings. The Labute approximate surface area is 70.5 Å². The van der Waals surface area contributed by atoms with Gasteiger partial charge in [0.1, 0.15) is 18.2 Å². The molecule has 1 aliphatic heterocycles. The first kappa shape index (κ1) is 7.35. The van der Waals surface area contributed by atoms with Gasteiger partial charge in [-0.2, -0.15) is 0 Å². The third-order valence-electron chi connectivity index (χ3n) is 1.83. The summed E-state index contributed by atoms with van der Waals surface area (Å²) >= 11 is 0. The highest BCUT2D eigenvalue weighted by Crippen LogP contribution is 2.26. The number of halogens is 1. The lowest BCUT2D eigenvalue weighted by molar-refractivity contribution is 0.346. The van der Waals surface area contributed by atoms with Gasteiger partial charge in [0.15, 0.2) is 0 Å². The summed E-state index contributed by atoms with van der Waals surface area (Å²) in [7, 11) is 0. The fourth-order valence-electron chi connectivity index (χ4n) is 1.26. The Morgan fingerprint density at radius 3 is 3.08 bits per heavy atom. The van der Waals surface area contributed by atoms with Crippen LogP contribution >= 0.6 is 0 Å². The number of hydrogen-bond acceptors (Lipinski definition) is 1. The molecule has 0 unspecified atom stereocenters. The van der Waals surface area contributed by atoms with Gasteiger partial charge in [-0.05, 0) is 36.8 Å². The number of fused-ring (bicyclic) bond motifs is 1. The molecule has 1 aromatic carbocycles. The molecule has 0 radical (unpaired) electrons. The van der Waals surface area contributed by atoms with Crippen LogP contribution in [-0.4, -0.2) is 6.61 Å². The van der Waals surface area contributed by atoms with Crippen LogP contribution in [0.25, 0.3) is 6.08 Å². The van der Waals surface area contributed by atoms with Gasteiger partial charge in [0.2, 0.25) is 0 Å². The van der Waals surface area contributed by atoms with Crippen molar-refractivity contribution in [2.75, 3.05) is 6.61 Å². The highest BCUT2D eigenvalue weighted by molar-refractivity contribution is 5.61. The summed E-state index contributed by atoms with van der Waals surface area (Å²) < 4.78 is 18.1. The quantitative estimate of drug-likeness (QED) is 0.572. The van der Waals surface area contributed by atoms with Gasteiger partial charge in [-0.1, -0.05) is 0 Å². The molecule has 0 atom stereocenters. The lowest BCUT2D eigenvalue weighted by Gasteiger charge is -2.15. The monoisotopic (exact) mass is 164 g/mol. The maximum atomic E-state index is 12.7. The van der Waals surface area contributed by atoms with E-state index in [2.05, 4.69) is 0 Å². The zero-order valence-electron chi connectivity index (χ0n) is 6.80. The molecule has 62 valence electrons. The number of rotatable bonds is 0. The first-order chi connectivity index (χ1) is 5.75. The second-order valence-electron chi connectivity index (χ2n) is 2.96. The highest BCUT2D eigenvalue weighted by Gasteiger charge is 2.08. The summed E-state index contributed by atoms with van der Waals surface area (Å²) in [5.41, 5.74) is 1.95. The van der Waals surface area contributed by atoms with Crippen molar-refractivity contribution < 1.29 is 9.13 Å². The van der Waals surface area contributed by atoms with Gasteiger partial charge < -0.3 is 4.74 Å². The van der Waals surface area contributed by atoms with Crippen LogP contribution in [0.15, 0.2) is 23.8 Å². The SMILES string of the molecule is CC1=Cc2cc(F)ccc2OC1. The van der Waals surface area contributed by atoms with Gasteiger partial charge in [-0.25, -0.2) is 4.39 Å². The average Bonchev–Trinajstić information content (AvgIpc) is 2.03. The van der Waals surface area contributed by atoms with Gasteiger partial charge in [0, 0.05) is 5.56 Å². The second kappa shape index (κ2) is 2.63. The van der Waals surface area contributed by atoms with Crippen molar-refractivity contribution in [3.8, 4) is 5.75 Å². The van der Waals surface area contributed by atoms with E-state index in [-0.39, 0.29) is 5.82 Å². The van der Waals surface area contributed by atoms with Gasteiger partial charge in [-0.15, -0.1) is 0 Å². The van der Waals surface area contributed by atoms with E-state index >= 15 is 0 Å². The molecule has 0 amide bonds. The largest absolute Gasteiger partial charge is 0.489 e. The van der Waals surface area contributed by atoms with Crippen LogP contribution in [0.3, 0.4) is 0 Å². The molecule has 0 saturated heterocycles. The van der Waals surface area contributed by atoms with Gasteiger partial charge in [-0.3, -0.25) is 0 Å². The number of ether oxygens (including phenoxy) is 1. The minimum Gasteiger partial charge on any atom is -0.489 e. The Kier molecular flexibility index (Phi) is 1.61. The van der Waals surface area contributed by atoms with Crippen LogP contribution in [0, 0.1) is 5.82 Å². The third kappa shape index (κ3) is 1.20. The van der Waals surface area contributed by atoms with Crippen molar-refractivity contribution in [1.82, 2.24) is 0 Å². The predicted octanol–water partition coefficient (Wildman–Crippen LogP) is 2.62. The Bertz CT molecular complexity index is 342. The van der Waals surface area contributed by atoms with Crippen LogP contribution in [0.5, 0.6) is 5.75 Å². The normalized spacial score (nSPS) is 14.7. The zero-order valence-corrected chi connectivity index (χ0v) is 6.80. The van der Waals surface area contributed by atoms with Crippen LogP contribution < -0.4 is 4.74 Å². The Morgan fingerprint density at radius 1 is 1.42 bits per heavy atom. The molecule has 1 aromatic rings. The molecule has 0 aliphatic carbocycles. The maximum Gasteiger partial charge on any atom is 0.127 e. The van der Waals surface area contributed by atoms with Crippen molar-refractivity contribution in [1.29, 1.82) is 0 Å². The van der Waals surface area contributed by atoms with E-state index in [1.54, 1.807) is 6.07 Å². The molecule has 12 heavy (non-hydrogen) atoms. The molecule has 0 bridgehead atoms. The minimum absolute atomic E-state index is 0.219. The fourth-order valence-corrected chi connectivity index (χ4v) is 1.26.